The van der Waals surface area contributed by atoms with Crippen LogP contribution in [-0.2, 0) is 9.59 Å². The minimum atomic E-state index is -0.681. The second kappa shape index (κ2) is 6.22. The van der Waals surface area contributed by atoms with E-state index in [-0.39, 0.29) is 0 Å². The average molecular weight is 282 g/mol. The summed E-state index contributed by atoms with van der Waals surface area (Å²) in [4.78, 5) is 23.8. The van der Waals surface area contributed by atoms with Gasteiger partial charge in [0.1, 0.15) is 0 Å². The molecule has 21 heavy (non-hydrogen) atoms. The van der Waals surface area contributed by atoms with Crippen LogP contribution in [0.25, 0.3) is 0 Å². The van der Waals surface area contributed by atoms with E-state index in [4.69, 9.17) is 0 Å². The number of carbonyl (C=O) groups is 2. The quantitative estimate of drug-likeness (QED) is 0.831. The van der Waals surface area contributed by atoms with Crippen molar-refractivity contribution in [3.8, 4) is 0 Å². The van der Waals surface area contributed by atoms with E-state index in [9.17, 15) is 9.59 Å². The largest absolute Gasteiger partial charge is 0.318 e. The second-order valence-electron chi connectivity index (χ2n) is 5.02. The number of carbonyl (C=O) groups excluding carboxylic acids is 2. The van der Waals surface area contributed by atoms with Crippen LogP contribution in [0.5, 0.6) is 0 Å². The van der Waals surface area contributed by atoms with E-state index in [0.717, 1.165) is 16.7 Å². The molecule has 2 amide bonds. The molecule has 0 aliphatic carbocycles. The summed E-state index contributed by atoms with van der Waals surface area (Å²) in [5.41, 5.74) is 4.36. The van der Waals surface area contributed by atoms with Gasteiger partial charge in [0, 0.05) is 11.4 Å². The summed E-state index contributed by atoms with van der Waals surface area (Å²) in [7, 11) is 0. The molecular weight excluding hydrogens is 264 g/mol. The molecule has 2 N–H and O–H groups in total. The van der Waals surface area contributed by atoms with Gasteiger partial charge < -0.3 is 10.6 Å². The Labute approximate surface area is 124 Å². The molecule has 2 aromatic rings. The number of hydrogen-bond acceptors (Lipinski definition) is 2. The van der Waals surface area contributed by atoms with Crippen LogP contribution in [0.4, 0.5) is 11.4 Å². The van der Waals surface area contributed by atoms with Crippen molar-refractivity contribution in [3.63, 3.8) is 0 Å². The van der Waals surface area contributed by atoms with E-state index >= 15 is 0 Å². The van der Waals surface area contributed by atoms with Crippen LogP contribution >= 0.6 is 0 Å². The molecule has 0 atom stereocenters. The highest BCUT2D eigenvalue weighted by molar-refractivity contribution is 6.43. The molecule has 2 aromatic carbocycles. The van der Waals surface area contributed by atoms with E-state index in [0.29, 0.717) is 11.4 Å². The van der Waals surface area contributed by atoms with Crippen LogP contribution in [0, 0.1) is 20.8 Å². The van der Waals surface area contributed by atoms with Crippen molar-refractivity contribution in [1.29, 1.82) is 0 Å². The molecule has 2 rings (SSSR count). The number of rotatable bonds is 2. The smallest absolute Gasteiger partial charge is 0.314 e. The second-order valence-corrected chi connectivity index (χ2v) is 5.02. The first kappa shape index (κ1) is 14.8. The molecule has 0 aliphatic rings. The summed E-state index contributed by atoms with van der Waals surface area (Å²) >= 11 is 0. The summed E-state index contributed by atoms with van der Waals surface area (Å²) in [5, 5.41) is 5.20. The Morgan fingerprint density at radius 1 is 0.810 bits per heavy atom. The van der Waals surface area contributed by atoms with E-state index in [2.05, 4.69) is 10.6 Å². The van der Waals surface area contributed by atoms with Crippen molar-refractivity contribution in [1.82, 2.24) is 0 Å². The van der Waals surface area contributed by atoms with Crippen molar-refractivity contribution >= 4 is 23.2 Å². The first-order chi connectivity index (χ1) is 9.97. The fourth-order valence-corrected chi connectivity index (χ4v) is 1.89. The third-order valence-electron chi connectivity index (χ3n) is 3.37. The number of anilines is 2. The van der Waals surface area contributed by atoms with Crippen molar-refractivity contribution < 1.29 is 9.59 Å². The average Bonchev–Trinajstić information content (AvgIpc) is 2.46. The van der Waals surface area contributed by atoms with Gasteiger partial charge in [-0.05, 0) is 50.1 Å². The minimum absolute atomic E-state index is 0.599. The van der Waals surface area contributed by atoms with Gasteiger partial charge in [-0.15, -0.1) is 0 Å². The summed E-state index contributed by atoms with van der Waals surface area (Å²) in [6.07, 6.45) is 0. The van der Waals surface area contributed by atoms with Crippen LogP contribution in [-0.4, -0.2) is 11.8 Å². The number of aryl methyl sites for hydroxylation is 2. The Balaban J connectivity index is 2.04. The molecule has 0 bridgehead atoms. The summed E-state index contributed by atoms with van der Waals surface area (Å²) in [5.74, 6) is -1.36. The van der Waals surface area contributed by atoms with Crippen LogP contribution in [0.2, 0.25) is 0 Å². The van der Waals surface area contributed by atoms with Crippen molar-refractivity contribution in [2.45, 2.75) is 20.8 Å². The normalized spacial score (nSPS) is 10.0. The van der Waals surface area contributed by atoms with Gasteiger partial charge in [0.05, 0.1) is 0 Å². The zero-order valence-electron chi connectivity index (χ0n) is 12.4. The molecular formula is C17H18N2O2. The molecule has 0 saturated carbocycles. The van der Waals surface area contributed by atoms with E-state index in [1.807, 2.05) is 45.0 Å². The third kappa shape index (κ3) is 3.69. The third-order valence-corrected chi connectivity index (χ3v) is 3.37. The Bertz CT molecular complexity index is 676. The predicted molar refractivity (Wildman–Crippen MR) is 84.4 cm³/mol. The van der Waals surface area contributed by atoms with Crippen LogP contribution in [0.15, 0.2) is 42.5 Å². The standard InChI is InChI=1S/C17H18N2O2/c1-11-7-9-14(10-8-11)18-16(20)17(21)19-15-6-4-5-12(2)13(15)3/h4-10H,1-3H3,(H,18,20)(H,19,21). The SMILES string of the molecule is Cc1ccc(NC(=O)C(=O)Nc2cccc(C)c2C)cc1. The fourth-order valence-electron chi connectivity index (χ4n) is 1.89. The Morgan fingerprint density at radius 3 is 2.10 bits per heavy atom. The maximum Gasteiger partial charge on any atom is 0.314 e. The molecule has 0 aliphatic heterocycles. The molecule has 4 heteroatoms. The maximum atomic E-state index is 11.9. The highest BCUT2D eigenvalue weighted by Crippen LogP contribution is 2.18. The highest BCUT2D eigenvalue weighted by atomic mass is 16.2. The number of amides is 2. The summed E-state index contributed by atoms with van der Waals surface area (Å²) < 4.78 is 0. The maximum absolute atomic E-state index is 11.9. The van der Waals surface area contributed by atoms with Crippen LogP contribution < -0.4 is 10.6 Å². The van der Waals surface area contributed by atoms with Gasteiger partial charge in [-0.25, -0.2) is 0 Å². The Kier molecular flexibility index (Phi) is 4.38. The molecule has 0 aromatic heterocycles. The van der Waals surface area contributed by atoms with Gasteiger partial charge in [-0.2, -0.15) is 0 Å². The first-order valence-corrected chi connectivity index (χ1v) is 6.72. The monoisotopic (exact) mass is 282 g/mol. The molecule has 0 spiro atoms. The molecule has 0 fully saturated rings. The number of benzene rings is 2. The van der Waals surface area contributed by atoms with Gasteiger partial charge in [-0.3, -0.25) is 9.59 Å². The van der Waals surface area contributed by atoms with Gasteiger partial charge in [-0.1, -0.05) is 29.8 Å². The van der Waals surface area contributed by atoms with E-state index in [1.54, 1.807) is 18.2 Å². The predicted octanol–water partition coefficient (Wildman–Crippen LogP) is 3.19. The first-order valence-electron chi connectivity index (χ1n) is 6.72. The highest BCUT2D eigenvalue weighted by Gasteiger charge is 2.15. The number of nitrogens with one attached hydrogen (secondary N) is 2. The van der Waals surface area contributed by atoms with Gasteiger partial charge in [0.15, 0.2) is 0 Å². The topological polar surface area (TPSA) is 58.2 Å². The molecule has 0 heterocycles. The number of hydrogen-bond donors (Lipinski definition) is 2. The molecule has 4 nitrogen and oxygen atoms in total. The molecule has 0 saturated heterocycles. The van der Waals surface area contributed by atoms with Gasteiger partial charge in [0.2, 0.25) is 0 Å². The van der Waals surface area contributed by atoms with E-state index in [1.165, 1.54) is 0 Å². The lowest BCUT2D eigenvalue weighted by atomic mass is 10.1. The van der Waals surface area contributed by atoms with Gasteiger partial charge in [0.25, 0.3) is 0 Å². The fraction of sp³-hybridized carbons (Fsp3) is 0.176. The van der Waals surface area contributed by atoms with E-state index < -0.39 is 11.8 Å². The van der Waals surface area contributed by atoms with Crippen molar-refractivity contribution in [3.05, 3.63) is 59.2 Å². The lowest BCUT2D eigenvalue weighted by Crippen LogP contribution is -2.29. The lowest BCUT2D eigenvalue weighted by Gasteiger charge is -2.10. The van der Waals surface area contributed by atoms with Gasteiger partial charge >= 0.3 is 11.8 Å². The van der Waals surface area contributed by atoms with Crippen molar-refractivity contribution in [2.75, 3.05) is 10.6 Å². The zero-order valence-corrected chi connectivity index (χ0v) is 12.4. The van der Waals surface area contributed by atoms with Crippen molar-refractivity contribution in [2.24, 2.45) is 0 Å². The Hall–Kier alpha value is -2.62. The summed E-state index contributed by atoms with van der Waals surface area (Å²) in [6.45, 7) is 5.82. The lowest BCUT2D eigenvalue weighted by molar-refractivity contribution is -0.133. The summed E-state index contributed by atoms with van der Waals surface area (Å²) in [6, 6.07) is 12.8. The minimum Gasteiger partial charge on any atom is -0.318 e. The van der Waals surface area contributed by atoms with Crippen LogP contribution in [0.1, 0.15) is 16.7 Å². The molecule has 0 unspecified atom stereocenters. The Morgan fingerprint density at radius 2 is 1.43 bits per heavy atom. The van der Waals surface area contributed by atoms with Crippen LogP contribution in [0.3, 0.4) is 0 Å². The zero-order chi connectivity index (χ0) is 15.4. The molecule has 108 valence electrons. The molecule has 0 radical (unpaired) electrons.